The van der Waals surface area contributed by atoms with Crippen molar-refractivity contribution in [2.75, 3.05) is 6.54 Å². The Hall–Kier alpha value is -1.80. The topological polar surface area (TPSA) is 32.3 Å². The van der Waals surface area contributed by atoms with E-state index in [2.05, 4.69) is 35.6 Å². The lowest BCUT2D eigenvalue weighted by molar-refractivity contribution is 0.284. The zero-order chi connectivity index (χ0) is 13.5. The lowest BCUT2D eigenvalue weighted by Gasteiger charge is -2.31. The van der Waals surface area contributed by atoms with Crippen LogP contribution in [0.15, 0.2) is 48.5 Å². The number of benzene rings is 2. The van der Waals surface area contributed by atoms with Crippen molar-refractivity contribution in [2.24, 2.45) is 5.92 Å². The van der Waals surface area contributed by atoms with E-state index < -0.39 is 0 Å². The summed E-state index contributed by atoms with van der Waals surface area (Å²) in [5.74, 6) is 1.32. The van der Waals surface area contributed by atoms with Crippen LogP contribution in [0, 0.1) is 5.92 Å². The van der Waals surface area contributed by atoms with Gasteiger partial charge in [0, 0.05) is 17.5 Å². The third kappa shape index (κ3) is 1.68. The van der Waals surface area contributed by atoms with Crippen LogP contribution in [-0.4, -0.2) is 11.7 Å². The first-order valence-electron chi connectivity index (χ1n) is 7.46. The smallest absolute Gasteiger partial charge is 0.119 e. The van der Waals surface area contributed by atoms with Crippen molar-refractivity contribution in [3.05, 3.63) is 65.2 Å². The molecule has 2 aromatic rings. The summed E-state index contributed by atoms with van der Waals surface area (Å²) < 4.78 is 0. The molecule has 20 heavy (non-hydrogen) atoms. The van der Waals surface area contributed by atoms with Crippen molar-refractivity contribution in [1.82, 2.24) is 5.32 Å². The Labute approximate surface area is 119 Å². The van der Waals surface area contributed by atoms with Crippen LogP contribution in [0.25, 0.3) is 0 Å². The summed E-state index contributed by atoms with van der Waals surface area (Å²) in [6.07, 6.45) is 2.45. The number of fused-ring (bicyclic) bond motifs is 3. The number of phenols is 1. The third-order valence-electron chi connectivity index (χ3n) is 4.87. The molecule has 1 saturated heterocycles. The van der Waals surface area contributed by atoms with E-state index in [1.54, 1.807) is 0 Å². The molecule has 3 unspecified atom stereocenters. The molecule has 1 aliphatic heterocycles. The maximum atomic E-state index is 10.3. The largest absolute Gasteiger partial charge is 0.508 e. The summed E-state index contributed by atoms with van der Waals surface area (Å²) in [4.78, 5) is 0. The minimum Gasteiger partial charge on any atom is -0.508 e. The number of rotatable bonds is 1. The van der Waals surface area contributed by atoms with Crippen LogP contribution in [0.2, 0.25) is 0 Å². The summed E-state index contributed by atoms with van der Waals surface area (Å²) in [6, 6.07) is 17.0. The molecule has 0 saturated carbocycles. The number of aromatic hydroxyl groups is 1. The highest BCUT2D eigenvalue weighted by Gasteiger charge is 2.42. The fourth-order valence-electron chi connectivity index (χ4n) is 4.07. The summed E-state index contributed by atoms with van der Waals surface area (Å²) in [5.41, 5.74) is 3.89. The monoisotopic (exact) mass is 265 g/mol. The molecule has 0 bridgehead atoms. The van der Waals surface area contributed by atoms with Crippen molar-refractivity contribution in [1.29, 1.82) is 0 Å². The number of para-hydroxylation sites is 1. The van der Waals surface area contributed by atoms with Gasteiger partial charge in [-0.2, -0.15) is 0 Å². The van der Waals surface area contributed by atoms with Crippen molar-refractivity contribution in [3.63, 3.8) is 0 Å². The SMILES string of the molecule is Oc1ccccc1C1c2ccccc2C2NCCCC21. The summed E-state index contributed by atoms with van der Waals surface area (Å²) in [5, 5.41) is 13.9. The van der Waals surface area contributed by atoms with Crippen molar-refractivity contribution in [3.8, 4) is 5.75 Å². The van der Waals surface area contributed by atoms with Crippen LogP contribution >= 0.6 is 0 Å². The molecule has 1 heterocycles. The molecule has 0 aromatic heterocycles. The van der Waals surface area contributed by atoms with Gasteiger partial charge in [-0.15, -0.1) is 0 Å². The van der Waals surface area contributed by atoms with Crippen LogP contribution in [0.3, 0.4) is 0 Å². The number of phenolic OH excluding ortho intramolecular Hbond substituents is 1. The van der Waals surface area contributed by atoms with Crippen LogP contribution in [0.1, 0.15) is 41.5 Å². The van der Waals surface area contributed by atoms with Crippen LogP contribution < -0.4 is 5.32 Å². The van der Waals surface area contributed by atoms with Gasteiger partial charge in [0.1, 0.15) is 5.75 Å². The van der Waals surface area contributed by atoms with Gasteiger partial charge in [-0.25, -0.2) is 0 Å². The Morgan fingerprint density at radius 3 is 2.40 bits per heavy atom. The summed E-state index contributed by atoms with van der Waals surface area (Å²) in [7, 11) is 0. The second kappa shape index (κ2) is 4.64. The molecular weight excluding hydrogens is 246 g/mol. The average molecular weight is 265 g/mol. The number of nitrogens with one attached hydrogen (secondary N) is 1. The fraction of sp³-hybridized carbons (Fsp3) is 0.333. The zero-order valence-corrected chi connectivity index (χ0v) is 11.4. The molecule has 2 nitrogen and oxygen atoms in total. The molecule has 102 valence electrons. The molecule has 2 aliphatic rings. The van der Waals surface area contributed by atoms with Crippen molar-refractivity contribution in [2.45, 2.75) is 24.8 Å². The van der Waals surface area contributed by atoms with Gasteiger partial charge in [0.15, 0.2) is 0 Å². The lowest BCUT2D eigenvalue weighted by Crippen LogP contribution is -2.32. The van der Waals surface area contributed by atoms with Gasteiger partial charge < -0.3 is 10.4 Å². The van der Waals surface area contributed by atoms with Crippen LogP contribution in [-0.2, 0) is 0 Å². The highest BCUT2D eigenvalue weighted by atomic mass is 16.3. The zero-order valence-electron chi connectivity index (χ0n) is 11.4. The van der Waals surface area contributed by atoms with E-state index in [1.165, 1.54) is 24.0 Å². The molecule has 1 fully saturated rings. The molecule has 2 aromatic carbocycles. The molecule has 2 N–H and O–H groups in total. The minimum atomic E-state index is 0.324. The van der Waals surface area contributed by atoms with Gasteiger partial charge in [-0.1, -0.05) is 42.5 Å². The second-order valence-electron chi connectivity index (χ2n) is 5.90. The molecule has 0 amide bonds. The first kappa shape index (κ1) is 12.0. The highest BCUT2D eigenvalue weighted by molar-refractivity contribution is 5.50. The minimum absolute atomic E-state index is 0.324. The first-order chi connectivity index (χ1) is 9.86. The third-order valence-corrected chi connectivity index (χ3v) is 4.87. The average Bonchev–Trinajstić information content (AvgIpc) is 2.83. The summed E-state index contributed by atoms with van der Waals surface area (Å²) >= 11 is 0. The molecule has 1 aliphatic carbocycles. The Balaban J connectivity index is 1.88. The maximum Gasteiger partial charge on any atom is 0.119 e. The van der Waals surface area contributed by atoms with E-state index >= 15 is 0 Å². The summed E-state index contributed by atoms with van der Waals surface area (Å²) in [6.45, 7) is 1.10. The molecule has 3 atom stereocenters. The lowest BCUT2D eigenvalue weighted by atomic mass is 9.80. The second-order valence-corrected chi connectivity index (χ2v) is 5.90. The molecule has 2 heteroatoms. The molecule has 4 rings (SSSR count). The predicted molar refractivity (Wildman–Crippen MR) is 79.9 cm³/mol. The van der Waals surface area contributed by atoms with Crippen LogP contribution in [0.5, 0.6) is 5.75 Å². The quantitative estimate of drug-likeness (QED) is 0.826. The van der Waals surface area contributed by atoms with E-state index in [1.807, 2.05) is 18.2 Å². The van der Waals surface area contributed by atoms with Gasteiger partial charge >= 0.3 is 0 Å². The standard InChI is InChI=1S/C18H19NO/c20-16-10-4-3-8-14(16)17-12-6-1-2-7-13(12)18-15(17)9-5-11-19-18/h1-4,6-8,10,15,17-20H,5,9,11H2. The number of hydrogen-bond donors (Lipinski definition) is 2. The number of piperidine rings is 1. The van der Waals surface area contributed by atoms with E-state index in [4.69, 9.17) is 0 Å². The van der Waals surface area contributed by atoms with E-state index in [9.17, 15) is 5.11 Å². The highest BCUT2D eigenvalue weighted by Crippen LogP contribution is 2.52. The van der Waals surface area contributed by atoms with Crippen LogP contribution in [0.4, 0.5) is 0 Å². The Bertz CT molecular complexity index is 637. The number of hydrogen-bond acceptors (Lipinski definition) is 2. The Morgan fingerprint density at radius 2 is 1.60 bits per heavy atom. The maximum absolute atomic E-state index is 10.3. The predicted octanol–water partition coefficient (Wildman–Crippen LogP) is 3.58. The normalized spacial score (nSPS) is 27.9. The van der Waals surface area contributed by atoms with Gasteiger partial charge in [0.2, 0.25) is 0 Å². The molecule has 0 spiro atoms. The fourth-order valence-corrected chi connectivity index (χ4v) is 4.07. The van der Waals surface area contributed by atoms with E-state index in [0.717, 1.165) is 12.1 Å². The van der Waals surface area contributed by atoms with Gasteiger partial charge in [-0.3, -0.25) is 0 Å². The van der Waals surface area contributed by atoms with E-state index in [0.29, 0.717) is 23.6 Å². The molecular formula is C18H19NO. The Morgan fingerprint density at radius 1 is 0.900 bits per heavy atom. The van der Waals surface area contributed by atoms with Gasteiger partial charge in [0.05, 0.1) is 0 Å². The van der Waals surface area contributed by atoms with Crippen molar-refractivity contribution < 1.29 is 5.11 Å². The first-order valence-corrected chi connectivity index (χ1v) is 7.46. The molecule has 0 radical (unpaired) electrons. The Kier molecular flexibility index (Phi) is 2.78. The van der Waals surface area contributed by atoms with Crippen molar-refractivity contribution >= 4 is 0 Å². The van der Waals surface area contributed by atoms with E-state index in [-0.39, 0.29) is 0 Å². The van der Waals surface area contributed by atoms with Gasteiger partial charge in [-0.05, 0) is 42.5 Å². The van der Waals surface area contributed by atoms with Gasteiger partial charge in [0.25, 0.3) is 0 Å².